The van der Waals surface area contributed by atoms with Crippen LogP contribution in [0.4, 0.5) is 0 Å². The summed E-state index contributed by atoms with van der Waals surface area (Å²) in [5.41, 5.74) is 0. The average molecular weight is 334 g/mol. The molecule has 8 heavy (non-hydrogen) atoms. The zero-order valence-electron chi connectivity index (χ0n) is 4.59. The Kier molecular flexibility index (Phi) is 9.68. The van der Waals surface area contributed by atoms with Crippen LogP contribution in [-0.2, 0) is 0 Å². The molecule has 0 bridgehead atoms. The summed E-state index contributed by atoms with van der Waals surface area (Å²) in [6.07, 6.45) is 4.65. The minimum Gasteiger partial charge on any atom is -0.509 e. The van der Waals surface area contributed by atoms with E-state index < -0.39 is 0 Å². The smallest absolute Gasteiger partial charge is 0.108 e. The Morgan fingerprint density at radius 1 is 1.50 bits per heavy atom. The number of hydrogen-bond acceptors (Lipinski definition) is 1. The predicted molar refractivity (Wildman–Crippen MR) is 31.1 cm³/mol. The first-order valence-electron chi connectivity index (χ1n) is 1.94. The minimum absolute atomic E-state index is 0. The molecule has 1 N–H and O–H groups in total. The molecule has 0 atom stereocenters. The summed E-state index contributed by atoms with van der Waals surface area (Å²) in [5, 5.41) is 8.35. The zero-order valence-corrected chi connectivity index (χ0v) is 8.76. The van der Waals surface area contributed by atoms with Gasteiger partial charge in [0.1, 0.15) is 5.76 Å². The molecule has 0 radical (unpaired) electrons. The Hall–Kier alpha value is 0.0719. The number of hydrogen-bond donors (Lipinski definition) is 1. The Bertz CT molecular complexity index is 105. The molecule has 42 valence electrons. The van der Waals surface area contributed by atoms with Crippen LogP contribution in [0.5, 0.6) is 0 Å². The fraction of sp³-hybridized carbons (Fsp3) is 0. The van der Waals surface area contributed by atoms with Gasteiger partial charge in [-0.2, -0.15) is 0 Å². The summed E-state index contributed by atoms with van der Waals surface area (Å²) in [4.78, 5) is 0. The van der Waals surface area contributed by atoms with E-state index in [1.54, 1.807) is 12.2 Å². The maximum Gasteiger partial charge on any atom is 0.108 e. The van der Waals surface area contributed by atoms with Crippen molar-refractivity contribution in [2.24, 2.45) is 0 Å². The number of aliphatic hydroxyl groups excluding tert-OH is 1. The van der Waals surface area contributed by atoms with E-state index in [9.17, 15) is 0 Å². The van der Waals surface area contributed by atoms with Crippen LogP contribution >= 0.6 is 0 Å². The third-order valence-corrected chi connectivity index (χ3v) is 0.425. The van der Waals surface area contributed by atoms with Gasteiger partial charge in [-0.05, 0) is 6.08 Å². The molecule has 0 saturated carbocycles. The summed E-state index contributed by atoms with van der Waals surface area (Å²) in [6, 6.07) is 0. The van der Waals surface area contributed by atoms with Crippen LogP contribution in [0.1, 0.15) is 0 Å². The van der Waals surface area contributed by atoms with Gasteiger partial charge in [-0.1, -0.05) is 25.3 Å². The van der Waals surface area contributed by atoms with Crippen molar-refractivity contribution >= 4 is 0 Å². The molecule has 0 rings (SSSR count). The van der Waals surface area contributed by atoms with Crippen LogP contribution < -0.4 is 0 Å². The Morgan fingerprint density at radius 2 is 2.00 bits per heavy atom. The van der Waals surface area contributed by atoms with Crippen molar-refractivity contribution in [3.63, 3.8) is 0 Å². The van der Waals surface area contributed by atoms with E-state index in [0.717, 1.165) is 0 Å². The number of rotatable bonds is 2. The fourth-order valence-corrected chi connectivity index (χ4v) is 0.179. The van der Waals surface area contributed by atoms with Gasteiger partial charge in [0, 0.05) is 31.1 Å². The van der Waals surface area contributed by atoms with Gasteiger partial charge in [0.05, 0.1) is 0 Å². The van der Waals surface area contributed by atoms with Gasteiger partial charge in [-0.15, -0.1) is 0 Å². The molecule has 0 aliphatic heterocycles. The quantitative estimate of drug-likeness (QED) is 0.603. The van der Waals surface area contributed by atoms with Gasteiger partial charge >= 0.3 is 0 Å². The van der Waals surface area contributed by atoms with E-state index >= 15 is 0 Å². The normalized spacial score (nSPS) is 8.00. The molecule has 0 heterocycles. The van der Waals surface area contributed by atoms with Crippen molar-refractivity contribution in [2.75, 3.05) is 0 Å². The molecule has 0 aliphatic rings. The molecule has 0 amide bonds. The molecule has 0 aromatic rings. The summed E-state index contributed by atoms with van der Waals surface area (Å²) in [6.45, 7) is 6.61. The monoisotopic (exact) mass is 334 g/mol. The SMILES string of the molecule is C=C/C=C\C(=C)O.[U]. The van der Waals surface area contributed by atoms with Crippen LogP contribution in [-0.4, -0.2) is 5.11 Å². The largest absolute Gasteiger partial charge is 0.509 e. The molecule has 0 unspecified atom stereocenters. The number of allylic oxidation sites excluding steroid dienone is 3. The number of aliphatic hydroxyl groups is 1. The molecule has 0 fully saturated rings. The van der Waals surface area contributed by atoms with Gasteiger partial charge in [0.2, 0.25) is 0 Å². The second-order valence-corrected chi connectivity index (χ2v) is 1.09. The van der Waals surface area contributed by atoms with Crippen LogP contribution in [0, 0.1) is 31.1 Å². The van der Waals surface area contributed by atoms with Crippen molar-refractivity contribution in [2.45, 2.75) is 0 Å². The molecule has 0 saturated heterocycles. The average Bonchev–Trinajstić information content (AvgIpc) is 1.61. The van der Waals surface area contributed by atoms with Crippen molar-refractivity contribution < 1.29 is 36.2 Å². The minimum atomic E-state index is 0. The van der Waals surface area contributed by atoms with E-state index in [4.69, 9.17) is 5.11 Å². The first-order chi connectivity index (χ1) is 3.27. The van der Waals surface area contributed by atoms with Crippen LogP contribution in [0.2, 0.25) is 0 Å². The van der Waals surface area contributed by atoms with Gasteiger partial charge in [0.25, 0.3) is 0 Å². The second-order valence-electron chi connectivity index (χ2n) is 1.09. The standard InChI is InChI=1S/C6H8O.U/c1-3-4-5-6(2)7;/h3-5,7H,1-2H2;/b5-4-;. The molecule has 0 spiro atoms. The molecule has 1 nitrogen and oxygen atoms in total. The van der Waals surface area contributed by atoms with E-state index in [1.807, 2.05) is 0 Å². The van der Waals surface area contributed by atoms with E-state index in [1.165, 1.54) is 6.08 Å². The summed E-state index contributed by atoms with van der Waals surface area (Å²) < 4.78 is 0. The first kappa shape index (κ1) is 10.9. The summed E-state index contributed by atoms with van der Waals surface area (Å²) >= 11 is 0. The Labute approximate surface area is 73.2 Å². The van der Waals surface area contributed by atoms with Gasteiger partial charge in [-0.25, -0.2) is 0 Å². The van der Waals surface area contributed by atoms with Crippen LogP contribution in [0.15, 0.2) is 37.1 Å². The van der Waals surface area contributed by atoms with Crippen molar-refractivity contribution in [1.82, 2.24) is 0 Å². The topological polar surface area (TPSA) is 20.2 Å². The van der Waals surface area contributed by atoms with Gasteiger partial charge < -0.3 is 5.11 Å². The van der Waals surface area contributed by atoms with Crippen LogP contribution in [0.25, 0.3) is 0 Å². The second kappa shape index (κ2) is 7.07. The van der Waals surface area contributed by atoms with Gasteiger partial charge in [-0.3, -0.25) is 0 Å². The fourth-order valence-electron chi connectivity index (χ4n) is 0.179. The summed E-state index contributed by atoms with van der Waals surface area (Å²) in [5.74, 6) is 0.0555. The maximum atomic E-state index is 8.35. The maximum absolute atomic E-state index is 8.35. The van der Waals surface area contributed by atoms with E-state index in [0.29, 0.717) is 0 Å². The molecule has 0 aromatic carbocycles. The third kappa shape index (κ3) is 9.42. The van der Waals surface area contributed by atoms with Crippen LogP contribution in [0.3, 0.4) is 0 Å². The van der Waals surface area contributed by atoms with Crippen molar-refractivity contribution in [1.29, 1.82) is 0 Å². The molecular weight excluding hydrogens is 326 g/mol. The Balaban J connectivity index is 0. The predicted octanol–water partition coefficient (Wildman–Crippen LogP) is 1.80. The molecule has 0 aromatic heterocycles. The summed E-state index contributed by atoms with van der Waals surface area (Å²) in [7, 11) is 0. The molecule has 0 aliphatic carbocycles. The Morgan fingerprint density at radius 3 is 2.12 bits per heavy atom. The van der Waals surface area contributed by atoms with Crippen molar-refractivity contribution in [3.8, 4) is 0 Å². The molecule has 2 heteroatoms. The molecular formula is C6H8OU. The van der Waals surface area contributed by atoms with Gasteiger partial charge in [0.15, 0.2) is 0 Å². The third-order valence-electron chi connectivity index (χ3n) is 0.425. The van der Waals surface area contributed by atoms with Crippen molar-refractivity contribution in [3.05, 3.63) is 37.1 Å². The van der Waals surface area contributed by atoms with E-state index in [2.05, 4.69) is 13.2 Å². The first-order valence-corrected chi connectivity index (χ1v) is 1.94. The zero-order chi connectivity index (χ0) is 5.70. The van der Waals surface area contributed by atoms with E-state index in [-0.39, 0.29) is 36.9 Å².